The molecule has 3 amide bonds. The molecule has 6 heteroatoms. The molecule has 0 spiro atoms. The molecule has 0 aromatic carbocycles. The van der Waals surface area contributed by atoms with Crippen molar-refractivity contribution >= 4 is 17.7 Å². The highest BCUT2D eigenvalue weighted by molar-refractivity contribution is 5.88. The van der Waals surface area contributed by atoms with Gasteiger partial charge in [-0.2, -0.15) is 0 Å². The van der Waals surface area contributed by atoms with Crippen LogP contribution in [0.2, 0.25) is 0 Å². The van der Waals surface area contributed by atoms with Crippen molar-refractivity contribution < 1.29 is 14.4 Å². The van der Waals surface area contributed by atoms with Crippen molar-refractivity contribution in [2.45, 2.75) is 155 Å². The first-order valence-corrected chi connectivity index (χ1v) is 15.5. The standard InChI is InChI=1S/C31H59N3O3/c1-4-7-10-11-12-13-14-15-16-17-18-19-20-21-22-23-30(36)34-28(31(37)33-27-9-6-3)24-25-29(35)32-26-8-5-2/h4,28H,1,5-27H2,2-3H3,(H,32,35)(H,33,37)(H,34,36)/t28-/m0/s1. The molecule has 0 rings (SSSR count). The van der Waals surface area contributed by atoms with Crippen molar-refractivity contribution in [3.8, 4) is 0 Å². The van der Waals surface area contributed by atoms with E-state index in [0.717, 1.165) is 51.4 Å². The fourth-order valence-electron chi connectivity index (χ4n) is 4.33. The van der Waals surface area contributed by atoms with Crippen LogP contribution < -0.4 is 16.0 Å². The third kappa shape index (κ3) is 24.3. The van der Waals surface area contributed by atoms with Crippen LogP contribution in [0.1, 0.15) is 149 Å². The van der Waals surface area contributed by atoms with Gasteiger partial charge < -0.3 is 16.0 Å². The van der Waals surface area contributed by atoms with Crippen molar-refractivity contribution in [1.82, 2.24) is 16.0 Å². The SMILES string of the molecule is C=CCCCCCCCCCCCCCCCC(=O)N[C@@H](CCC(=O)NCCCC)C(=O)NCCCC. The van der Waals surface area contributed by atoms with Crippen LogP contribution in [0.4, 0.5) is 0 Å². The van der Waals surface area contributed by atoms with Crippen LogP contribution in [-0.4, -0.2) is 36.9 Å². The highest BCUT2D eigenvalue weighted by Crippen LogP contribution is 2.13. The highest BCUT2D eigenvalue weighted by atomic mass is 16.2. The Labute approximate surface area is 228 Å². The van der Waals surface area contributed by atoms with Crippen LogP contribution in [0.25, 0.3) is 0 Å². The predicted molar refractivity (Wildman–Crippen MR) is 156 cm³/mol. The van der Waals surface area contributed by atoms with E-state index >= 15 is 0 Å². The minimum absolute atomic E-state index is 0.0618. The summed E-state index contributed by atoms with van der Waals surface area (Å²) >= 11 is 0. The van der Waals surface area contributed by atoms with Crippen LogP contribution >= 0.6 is 0 Å². The maximum atomic E-state index is 12.6. The first-order valence-electron chi connectivity index (χ1n) is 15.5. The monoisotopic (exact) mass is 521 g/mol. The number of amides is 3. The number of rotatable bonds is 27. The summed E-state index contributed by atoms with van der Waals surface area (Å²) in [5.74, 6) is -0.337. The fraction of sp³-hybridized carbons (Fsp3) is 0.839. The molecule has 0 aliphatic rings. The molecule has 1 atom stereocenters. The maximum Gasteiger partial charge on any atom is 0.242 e. The van der Waals surface area contributed by atoms with E-state index < -0.39 is 6.04 Å². The molecule has 0 aromatic heterocycles. The van der Waals surface area contributed by atoms with Gasteiger partial charge in [0, 0.05) is 25.9 Å². The Morgan fingerprint density at radius 1 is 0.622 bits per heavy atom. The molecule has 0 radical (unpaired) electrons. The zero-order valence-corrected chi connectivity index (χ0v) is 24.4. The van der Waals surface area contributed by atoms with Gasteiger partial charge in [0.1, 0.15) is 6.04 Å². The summed E-state index contributed by atoms with van der Waals surface area (Å²) in [7, 11) is 0. The number of hydrogen-bond acceptors (Lipinski definition) is 3. The Balaban J connectivity index is 3.97. The van der Waals surface area contributed by atoms with E-state index in [1.807, 2.05) is 6.08 Å². The zero-order valence-electron chi connectivity index (χ0n) is 24.4. The third-order valence-electron chi connectivity index (χ3n) is 6.81. The van der Waals surface area contributed by atoms with Crippen LogP contribution in [0.15, 0.2) is 12.7 Å². The van der Waals surface area contributed by atoms with Crippen molar-refractivity contribution in [2.24, 2.45) is 0 Å². The van der Waals surface area contributed by atoms with Gasteiger partial charge in [-0.3, -0.25) is 14.4 Å². The molecule has 0 saturated carbocycles. The summed E-state index contributed by atoms with van der Waals surface area (Å²) in [5, 5.41) is 8.66. The van der Waals surface area contributed by atoms with Crippen molar-refractivity contribution in [2.75, 3.05) is 13.1 Å². The summed E-state index contributed by atoms with van der Waals surface area (Å²) in [6.45, 7) is 9.18. The summed E-state index contributed by atoms with van der Waals surface area (Å²) in [5.41, 5.74) is 0. The van der Waals surface area contributed by atoms with E-state index in [4.69, 9.17) is 0 Å². The highest BCUT2D eigenvalue weighted by Gasteiger charge is 2.21. The smallest absolute Gasteiger partial charge is 0.242 e. The number of hydrogen-bond donors (Lipinski definition) is 3. The molecule has 37 heavy (non-hydrogen) atoms. The zero-order chi connectivity index (χ0) is 27.4. The lowest BCUT2D eigenvalue weighted by atomic mass is 10.0. The Bertz CT molecular complexity index is 580. The second kappa shape index (κ2) is 27.2. The Morgan fingerprint density at radius 2 is 1.11 bits per heavy atom. The van der Waals surface area contributed by atoms with E-state index in [1.165, 1.54) is 64.2 Å². The molecule has 0 bridgehead atoms. The lowest BCUT2D eigenvalue weighted by Crippen LogP contribution is -2.47. The average molecular weight is 522 g/mol. The molecule has 3 N–H and O–H groups in total. The number of nitrogens with one attached hydrogen (secondary N) is 3. The largest absolute Gasteiger partial charge is 0.356 e. The molecular weight excluding hydrogens is 462 g/mol. The van der Waals surface area contributed by atoms with Gasteiger partial charge in [-0.05, 0) is 38.5 Å². The normalized spacial score (nSPS) is 11.6. The van der Waals surface area contributed by atoms with E-state index in [1.54, 1.807) is 0 Å². The van der Waals surface area contributed by atoms with E-state index in [-0.39, 0.29) is 24.1 Å². The minimum Gasteiger partial charge on any atom is -0.356 e. The lowest BCUT2D eigenvalue weighted by molar-refractivity contribution is -0.129. The summed E-state index contributed by atoms with van der Waals surface area (Å²) in [6, 6.07) is -0.645. The van der Waals surface area contributed by atoms with Gasteiger partial charge in [0.2, 0.25) is 17.7 Å². The van der Waals surface area contributed by atoms with Gasteiger partial charge in [-0.25, -0.2) is 0 Å². The topological polar surface area (TPSA) is 87.3 Å². The number of carbonyl (C=O) groups is 3. The quantitative estimate of drug-likeness (QED) is 0.0794. The van der Waals surface area contributed by atoms with Crippen molar-refractivity contribution in [1.29, 1.82) is 0 Å². The van der Waals surface area contributed by atoms with Gasteiger partial charge in [-0.15, -0.1) is 6.58 Å². The first-order chi connectivity index (χ1) is 18.0. The molecular formula is C31H59N3O3. The van der Waals surface area contributed by atoms with Crippen LogP contribution in [0.3, 0.4) is 0 Å². The molecule has 6 nitrogen and oxygen atoms in total. The van der Waals surface area contributed by atoms with Gasteiger partial charge >= 0.3 is 0 Å². The van der Waals surface area contributed by atoms with Crippen LogP contribution in [0, 0.1) is 0 Å². The summed E-state index contributed by atoms with van der Waals surface area (Å²) < 4.78 is 0. The molecule has 0 saturated heterocycles. The van der Waals surface area contributed by atoms with E-state index in [9.17, 15) is 14.4 Å². The summed E-state index contributed by atoms with van der Waals surface area (Å²) in [6.07, 6.45) is 24.4. The molecule has 0 unspecified atom stereocenters. The van der Waals surface area contributed by atoms with Gasteiger partial charge in [0.05, 0.1) is 0 Å². The summed E-state index contributed by atoms with van der Waals surface area (Å²) in [4.78, 5) is 37.1. The van der Waals surface area contributed by atoms with Crippen LogP contribution in [0.5, 0.6) is 0 Å². The lowest BCUT2D eigenvalue weighted by Gasteiger charge is -2.18. The van der Waals surface area contributed by atoms with Crippen LogP contribution in [-0.2, 0) is 14.4 Å². The van der Waals surface area contributed by atoms with E-state index in [2.05, 4.69) is 36.4 Å². The van der Waals surface area contributed by atoms with Gasteiger partial charge in [0.15, 0.2) is 0 Å². The molecule has 0 heterocycles. The second-order valence-corrected chi connectivity index (χ2v) is 10.4. The average Bonchev–Trinajstić information content (AvgIpc) is 2.89. The second-order valence-electron chi connectivity index (χ2n) is 10.4. The Hall–Kier alpha value is -1.85. The molecule has 216 valence electrons. The van der Waals surface area contributed by atoms with E-state index in [0.29, 0.717) is 25.9 Å². The van der Waals surface area contributed by atoms with Crippen molar-refractivity contribution in [3.05, 3.63) is 12.7 Å². The number of unbranched alkanes of at least 4 members (excludes halogenated alkanes) is 15. The fourth-order valence-corrected chi connectivity index (χ4v) is 4.33. The molecule has 0 aromatic rings. The Kier molecular flexibility index (Phi) is 25.8. The maximum absolute atomic E-state index is 12.6. The number of carbonyl (C=O) groups excluding carboxylic acids is 3. The minimum atomic E-state index is -0.645. The molecule has 0 aliphatic heterocycles. The van der Waals surface area contributed by atoms with Gasteiger partial charge in [-0.1, -0.05) is 103 Å². The first kappa shape index (κ1) is 35.2. The number of allylic oxidation sites excluding steroid dienone is 1. The predicted octanol–water partition coefficient (Wildman–Crippen LogP) is 7.12. The molecule has 0 fully saturated rings. The van der Waals surface area contributed by atoms with Gasteiger partial charge in [0.25, 0.3) is 0 Å². The van der Waals surface area contributed by atoms with Crippen molar-refractivity contribution in [3.63, 3.8) is 0 Å². The Morgan fingerprint density at radius 3 is 1.62 bits per heavy atom. The molecule has 0 aliphatic carbocycles. The third-order valence-corrected chi connectivity index (χ3v) is 6.81.